The van der Waals surface area contributed by atoms with Crippen LogP contribution >= 0.6 is 0 Å². The van der Waals surface area contributed by atoms with Crippen LogP contribution in [0.4, 0.5) is 0 Å². The normalized spacial score (nSPS) is 12.0. The lowest BCUT2D eigenvalue weighted by Gasteiger charge is -2.15. The van der Waals surface area contributed by atoms with E-state index in [2.05, 4.69) is 4.98 Å². The molecule has 0 saturated heterocycles. The Morgan fingerprint density at radius 3 is 2.55 bits per heavy atom. The monoisotopic (exact) mass is 296 g/mol. The molecule has 0 bridgehead atoms. The number of hydrogen-bond acceptors (Lipinski definition) is 5. The standard InChI is InChI=1S/C13H16N2O4S/c1-10-3-5-12(19-10)8-15(2)20(17,18)13-6-4-11(9-16)7-14-13/h3-7,16H,8-9H2,1-2H3. The topological polar surface area (TPSA) is 83.6 Å². The lowest BCUT2D eigenvalue weighted by molar-refractivity contribution is 0.281. The largest absolute Gasteiger partial charge is 0.465 e. The van der Waals surface area contributed by atoms with Crippen LogP contribution in [0.2, 0.25) is 0 Å². The second kappa shape index (κ2) is 5.74. The number of sulfonamides is 1. The van der Waals surface area contributed by atoms with Crippen molar-refractivity contribution in [3.63, 3.8) is 0 Å². The minimum Gasteiger partial charge on any atom is -0.465 e. The van der Waals surface area contributed by atoms with Crippen molar-refractivity contribution in [1.29, 1.82) is 0 Å². The fourth-order valence-corrected chi connectivity index (χ4v) is 2.73. The maximum atomic E-state index is 12.3. The van der Waals surface area contributed by atoms with Crippen LogP contribution < -0.4 is 0 Å². The summed E-state index contributed by atoms with van der Waals surface area (Å²) in [6.45, 7) is 1.77. The van der Waals surface area contributed by atoms with Crippen molar-refractivity contribution in [2.75, 3.05) is 7.05 Å². The number of hydrogen-bond donors (Lipinski definition) is 1. The summed E-state index contributed by atoms with van der Waals surface area (Å²) in [6, 6.07) is 6.43. The minimum atomic E-state index is -3.67. The molecule has 0 unspecified atom stereocenters. The third-order valence-corrected chi connectivity index (χ3v) is 4.55. The number of rotatable bonds is 5. The first-order chi connectivity index (χ1) is 9.43. The van der Waals surface area contributed by atoms with Crippen molar-refractivity contribution in [1.82, 2.24) is 9.29 Å². The highest BCUT2D eigenvalue weighted by Gasteiger charge is 2.23. The maximum Gasteiger partial charge on any atom is 0.260 e. The molecule has 2 heterocycles. The van der Waals surface area contributed by atoms with Crippen LogP contribution in [0.1, 0.15) is 17.1 Å². The fraction of sp³-hybridized carbons (Fsp3) is 0.308. The SMILES string of the molecule is Cc1ccc(CN(C)S(=O)(=O)c2ccc(CO)cn2)o1. The molecular formula is C13H16N2O4S. The van der Waals surface area contributed by atoms with Gasteiger partial charge in [-0.25, -0.2) is 13.4 Å². The summed E-state index contributed by atoms with van der Waals surface area (Å²) in [7, 11) is -2.21. The molecule has 0 saturated carbocycles. The van der Waals surface area contributed by atoms with Gasteiger partial charge in [-0.3, -0.25) is 0 Å². The Morgan fingerprint density at radius 1 is 1.30 bits per heavy atom. The fourth-order valence-electron chi connectivity index (χ4n) is 1.69. The van der Waals surface area contributed by atoms with Crippen molar-refractivity contribution >= 4 is 10.0 Å². The van der Waals surface area contributed by atoms with E-state index in [0.29, 0.717) is 11.3 Å². The van der Waals surface area contributed by atoms with E-state index in [0.717, 1.165) is 5.76 Å². The summed E-state index contributed by atoms with van der Waals surface area (Å²) in [4.78, 5) is 3.87. The zero-order valence-electron chi connectivity index (χ0n) is 11.3. The van der Waals surface area contributed by atoms with Crippen LogP contribution in [0.25, 0.3) is 0 Å². The van der Waals surface area contributed by atoms with E-state index in [-0.39, 0.29) is 18.2 Å². The zero-order chi connectivity index (χ0) is 14.8. The van der Waals surface area contributed by atoms with Crippen molar-refractivity contribution in [2.24, 2.45) is 0 Å². The van der Waals surface area contributed by atoms with E-state index in [1.54, 1.807) is 19.1 Å². The second-order valence-corrected chi connectivity index (χ2v) is 6.43. The molecule has 6 nitrogen and oxygen atoms in total. The predicted molar refractivity (Wildman–Crippen MR) is 72.3 cm³/mol. The van der Waals surface area contributed by atoms with Crippen molar-refractivity contribution in [2.45, 2.75) is 25.1 Å². The Bertz CT molecular complexity index is 677. The summed E-state index contributed by atoms with van der Waals surface area (Å²) < 4.78 is 31.1. The molecule has 20 heavy (non-hydrogen) atoms. The van der Waals surface area contributed by atoms with E-state index >= 15 is 0 Å². The van der Waals surface area contributed by atoms with Gasteiger partial charge in [0.05, 0.1) is 13.2 Å². The van der Waals surface area contributed by atoms with E-state index in [1.807, 2.05) is 0 Å². The first-order valence-electron chi connectivity index (χ1n) is 6.01. The third-order valence-electron chi connectivity index (χ3n) is 2.83. The summed E-state index contributed by atoms with van der Waals surface area (Å²) in [5.41, 5.74) is 0.563. The van der Waals surface area contributed by atoms with Gasteiger partial charge < -0.3 is 9.52 Å². The number of furan rings is 1. The number of aromatic nitrogens is 1. The number of aryl methyl sites for hydroxylation is 1. The molecule has 0 aliphatic rings. The predicted octanol–water partition coefficient (Wildman–Crippen LogP) is 1.30. The van der Waals surface area contributed by atoms with Gasteiger partial charge in [0.15, 0.2) is 5.03 Å². The number of aliphatic hydroxyl groups excluding tert-OH is 1. The van der Waals surface area contributed by atoms with Gasteiger partial charge in [-0.15, -0.1) is 0 Å². The van der Waals surface area contributed by atoms with Crippen LogP contribution in [0.5, 0.6) is 0 Å². The molecule has 0 radical (unpaired) electrons. The van der Waals surface area contributed by atoms with Gasteiger partial charge in [0.25, 0.3) is 10.0 Å². The van der Waals surface area contributed by atoms with Crippen LogP contribution in [0, 0.1) is 6.92 Å². The molecule has 2 aromatic rings. The van der Waals surface area contributed by atoms with Gasteiger partial charge in [-0.1, -0.05) is 6.07 Å². The van der Waals surface area contributed by atoms with Crippen LogP contribution in [-0.2, 0) is 23.2 Å². The Balaban J connectivity index is 2.19. The molecule has 7 heteroatoms. The lowest BCUT2D eigenvalue weighted by atomic mass is 10.3. The van der Waals surface area contributed by atoms with Gasteiger partial charge in [-0.05, 0) is 30.7 Å². The molecule has 0 aromatic carbocycles. The smallest absolute Gasteiger partial charge is 0.260 e. The summed E-state index contributed by atoms with van der Waals surface area (Å²) in [5.74, 6) is 1.30. The average molecular weight is 296 g/mol. The molecule has 0 aliphatic carbocycles. The van der Waals surface area contributed by atoms with Gasteiger partial charge in [0.1, 0.15) is 11.5 Å². The molecular weight excluding hydrogens is 280 g/mol. The van der Waals surface area contributed by atoms with Gasteiger partial charge in [-0.2, -0.15) is 4.31 Å². The van der Waals surface area contributed by atoms with E-state index < -0.39 is 10.0 Å². The average Bonchev–Trinajstić information content (AvgIpc) is 2.84. The van der Waals surface area contributed by atoms with Crippen molar-refractivity contribution in [3.05, 3.63) is 47.5 Å². The van der Waals surface area contributed by atoms with Crippen LogP contribution in [0.15, 0.2) is 39.9 Å². The van der Waals surface area contributed by atoms with Crippen molar-refractivity contribution in [3.8, 4) is 0 Å². The molecule has 0 spiro atoms. The lowest BCUT2D eigenvalue weighted by Crippen LogP contribution is -2.27. The Hall–Kier alpha value is -1.70. The van der Waals surface area contributed by atoms with E-state index in [4.69, 9.17) is 9.52 Å². The summed E-state index contributed by atoms with van der Waals surface area (Å²) in [6.07, 6.45) is 1.35. The molecule has 2 aromatic heterocycles. The molecule has 0 aliphatic heterocycles. The van der Waals surface area contributed by atoms with E-state index in [9.17, 15) is 8.42 Å². The molecule has 0 atom stereocenters. The quantitative estimate of drug-likeness (QED) is 0.899. The van der Waals surface area contributed by atoms with E-state index in [1.165, 1.54) is 29.7 Å². The molecule has 2 rings (SSSR count). The highest BCUT2D eigenvalue weighted by Crippen LogP contribution is 2.16. The minimum absolute atomic E-state index is 0.0551. The Kier molecular flexibility index (Phi) is 4.22. The van der Waals surface area contributed by atoms with Crippen LogP contribution in [0.3, 0.4) is 0 Å². The Morgan fingerprint density at radius 2 is 2.05 bits per heavy atom. The number of nitrogens with zero attached hydrogens (tertiary/aromatic N) is 2. The first kappa shape index (κ1) is 14.7. The van der Waals surface area contributed by atoms with Gasteiger partial charge >= 0.3 is 0 Å². The molecule has 0 fully saturated rings. The van der Waals surface area contributed by atoms with Crippen LogP contribution in [-0.4, -0.2) is 29.9 Å². The second-order valence-electron chi connectivity index (χ2n) is 4.44. The summed E-state index contributed by atoms with van der Waals surface area (Å²) in [5, 5.41) is 8.87. The zero-order valence-corrected chi connectivity index (χ0v) is 12.1. The Labute approximate surface area is 117 Å². The third kappa shape index (κ3) is 3.06. The summed E-state index contributed by atoms with van der Waals surface area (Å²) >= 11 is 0. The van der Waals surface area contributed by atoms with Crippen molar-refractivity contribution < 1.29 is 17.9 Å². The number of aliphatic hydroxyl groups is 1. The molecule has 0 amide bonds. The van der Waals surface area contributed by atoms with Gasteiger partial charge in [0.2, 0.25) is 0 Å². The first-order valence-corrected chi connectivity index (χ1v) is 7.45. The highest BCUT2D eigenvalue weighted by atomic mass is 32.2. The highest BCUT2D eigenvalue weighted by molar-refractivity contribution is 7.89. The molecule has 1 N–H and O–H groups in total. The maximum absolute atomic E-state index is 12.3. The molecule has 108 valence electrons. The number of pyridine rings is 1. The van der Waals surface area contributed by atoms with Gasteiger partial charge in [0, 0.05) is 13.2 Å².